The van der Waals surface area contributed by atoms with Crippen molar-refractivity contribution in [2.75, 3.05) is 19.4 Å². The van der Waals surface area contributed by atoms with Gasteiger partial charge in [-0.25, -0.2) is 0 Å². The Morgan fingerprint density at radius 1 is 1.42 bits per heavy atom. The van der Waals surface area contributed by atoms with Crippen LogP contribution in [0.25, 0.3) is 0 Å². The van der Waals surface area contributed by atoms with Gasteiger partial charge in [-0.05, 0) is 13.8 Å². The van der Waals surface area contributed by atoms with Crippen molar-refractivity contribution in [2.45, 2.75) is 13.8 Å². The Labute approximate surface area is 71.9 Å². The number of rotatable bonds is 6. The first kappa shape index (κ1) is 11.6. The van der Waals surface area contributed by atoms with E-state index in [0.29, 0.717) is 13.2 Å². The lowest BCUT2D eigenvalue weighted by molar-refractivity contribution is 0.223. The Hall–Kier alpha value is -0.380. The quantitative estimate of drug-likeness (QED) is 0.303. The van der Waals surface area contributed by atoms with Crippen molar-refractivity contribution in [2.24, 2.45) is 5.16 Å². The van der Waals surface area contributed by atoms with Gasteiger partial charge in [0.1, 0.15) is 0 Å². The zero-order valence-corrected chi connectivity index (χ0v) is 8.16. The average Bonchev–Trinajstić information content (AvgIpc) is 2.02. The third-order valence-electron chi connectivity index (χ3n) is 1.04. The summed E-state index contributed by atoms with van der Waals surface area (Å²) in [5, 5.41) is 10.8. The summed E-state index contributed by atoms with van der Waals surface area (Å²) < 4.78 is 21.3. The second kappa shape index (κ2) is 6.17. The van der Waals surface area contributed by atoms with Gasteiger partial charge in [-0.3, -0.25) is 4.57 Å². The van der Waals surface area contributed by atoms with Gasteiger partial charge in [0.05, 0.1) is 25.6 Å². The Balaban J connectivity index is 4.08. The van der Waals surface area contributed by atoms with Crippen molar-refractivity contribution in [3.05, 3.63) is 0 Å². The van der Waals surface area contributed by atoms with E-state index in [-0.39, 0.29) is 6.16 Å². The van der Waals surface area contributed by atoms with Crippen molar-refractivity contribution < 1.29 is 18.8 Å². The molecular formula is C6H14NO4P. The zero-order valence-electron chi connectivity index (χ0n) is 7.27. The normalized spacial score (nSPS) is 12.5. The molecule has 0 aliphatic carbocycles. The third kappa shape index (κ3) is 4.49. The van der Waals surface area contributed by atoms with Gasteiger partial charge in [0.15, 0.2) is 0 Å². The van der Waals surface area contributed by atoms with Crippen molar-refractivity contribution in [1.29, 1.82) is 0 Å². The molecule has 12 heavy (non-hydrogen) atoms. The van der Waals surface area contributed by atoms with E-state index in [9.17, 15) is 4.57 Å². The van der Waals surface area contributed by atoms with Crippen LogP contribution < -0.4 is 0 Å². The number of hydrogen-bond acceptors (Lipinski definition) is 5. The molecule has 0 aliphatic rings. The van der Waals surface area contributed by atoms with Crippen molar-refractivity contribution >= 4 is 13.8 Å². The molecule has 1 N–H and O–H groups in total. The smallest absolute Gasteiger partial charge is 0.336 e. The van der Waals surface area contributed by atoms with Crippen LogP contribution in [-0.2, 0) is 13.6 Å². The van der Waals surface area contributed by atoms with Crippen molar-refractivity contribution in [1.82, 2.24) is 0 Å². The molecule has 5 nitrogen and oxygen atoms in total. The van der Waals surface area contributed by atoms with Crippen molar-refractivity contribution in [3.63, 3.8) is 0 Å². The van der Waals surface area contributed by atoms with E-state index in [4.69, 9.17) is 14.3 Å². The van der Waals surface area contributed by atoms with Gasteiger partial charge in [0.2, 0.25) is 0 Å². The van der Waals surface area contributed by atoms with Crippen LogP contribution in [0.1, 0.15) is 13.8 Å². The summed E-state index contributed by atoms with van der Waals surface area (Å²) in [5.74, 6) is 0. The van der Waals surface area contributed by atoms with Gasteiger partial charge in [0, 0.05) is 0 Å². The van der Waals surface area contributed by atoms with Crippen LogP contribution in [0.15, 0.2) is 5.16 Å². The van der Waals surface area contributed by atoms with Crippen molar-refractivity contribution in [3.8, 4) is 0 Å². The monoisotopic (exact) mass is 195 g/mol. The minimum Gasteiger partial charge on any atom is -0.411 e. The maximum Gasteiger partial charge on any atom is 0.336 e. The molecule has 0 saturated heterocycles. The molecule has 0 rings (SSSR count). The molecule has 0 bridgehead atoms. The maximum absolute atomic E-state index is 11.5. The summed E-state index contributed by atoms with van der Waals surface area (Å²) >= 11 is 0. The predicted molar refractivity (Wildman–Crippen MR) is 46.0 cm³/mol. The maximum atomic E-state index is 11.5. The topological polar surface area (TPSA) is 68.1 Å². The van der Waals surface area contributed by atoms with Crippen LogP contribution >= 0.6 is 7.60 Å². The highest BCUT2D eigenvalue weighted by atomic mass is 31.2. The van der Waals surface area contributed by atoms with Crippen LogP contribution in [0.3, 0.4) is 0 Å². The van der Waals surface area contributed by atoms with Gasteiger partial charge in [-0.15, -0.1) is 5.16 Å². The fraction of sp³-hybridized carbons (Fsp3) is 0.833. The lowest BCUT2D eigenvalue weighted by Crippen LogP contribution is -2.00. The van der Waals surface area contributed by atoms with E-state index in [1.807, 2.05) is 0 Å². The molecule has 0 fully saturated rings. The minimum absolute atomic E-state index is 0.00514. The zero-order chi connectivity index (χ0) is 9.45. The van der Waals surface area contributed by atoms with E-state index < -0.39 is 7.60 Å². The second-order valence-corrected chi connectivity index (χ2v) is 4.03. The predicted octanol–water partition coefficient (Wildman–Crippen LogP) is 1.71. The van der Waals surface area contributed by atoms with E-state index in [0.717, 1.165) is 6.21 Å². The highest BCUT2D eigenvalue weighted by Crippen LogP contribution is 2.46. The van der Waals surface area contributed by atoms with E-state index >= 15 is 0 Å². The molecule has 0 unspecified atom stereocenters. The Bertz CT molecular complexity index is 172. The van der Waals surface area contributed by atoms with Gasteiger partial charge in [0.25, 0.3) is 0 Å². The molecule has 0 aliphatic heterocycles. The first-order chi connectivity index (χ1) is 5.68. The van der Waals surface area contributed by atoms with Crippen LogP contribution in [0.5, 0.6) is 0 Å². The van der Waals surface area contributed by atoms with Gasteiger partial charge in [-0.1, -0.05) is 0 Å². The molecule has 0 atom stereocenters. The molecule has 0 saturated carbocycles. The number of hydrogen-bond donors (Lipinski definition) is 1. The molecular weight excluding hydrogens is 181 g/mol. The van der Waals surface area contributed by atoms with Crippen LogP contribution in [0, 0.1) is 0 Å². The largest absolute Gasteiger partial charge is 0.411 e. The molecule has 0 radical (unpaired) electrons. The Morgan fingerprint density at radius 3 is 2.25 bits per heavy atom. The molecule has 0 heterocycles. The first-order valence-corrected chi connectivity index (χ1v) is 5.45. The standard InChI is InChI=1S/C6H14NO4P/c1-3-10-12(9,11-4-2)6-5-7-8/h5,8H,3-4,6H2,1-2H3. The van der Waals surface area contributed by atoms with E-state index in [1.54, 1.807) is 13.8 Å². The average molecular weight is 195 g/mol. The molecule has 0 spiro atoms. The summed E-state index contributed by atoms with van der Waals surface area (Å²) in [5.41, 5.74) is 0. The fourth-order valence-corrected chi connectivity index (χ4v) is 2.02. The fourth-order valence-electron chi connectivity index (χ4n) is 0.673. The highest BCUT2D eigenvalue weighted by molar-refractivity contribution is 7.54. The Morgan fingerprint density at radius 2 is 1.92 bits per heavy atom. The summed E-state index contributed by atoms with van der Waals surface area (Å²) in [7, 11) is -3.05. The molecule has 0 amide bonds. The third-order valence-corrected chi connectivity index (χ3v) is 2.95. The molecule has 6 heteroatoms. The summed E-state index contributed by atoms with van der Waals surface area (Å²) in [4.78, 5) is 0. The lowest BCUT2D eigenvalue weighted by atomic mass is 10.9. The first-order valence-electron chi connectivity index (χ1n) is 3.72. The molecule has 0 aromatic rings. The minimum atomic E-state index is -3.05. The van der Waals surface area contributed by atoms with Gasteiger partial charge < -0.3 is 14.3 Å². The highest BCUT2D eigenvalue weighted by Gasteiger charge is 2.21. The summed E-state index contributed by atoms with van der Waals surface area (Å²) in [6.07, 6.45) is 1.11. The summed E-state index contributed by atoms with van der Waals surface area (Å²) in [6.45, 7) is 4.08. The molecule has 72 valence electrons. The van der Waals surface area contributed by atoms with E-state index in [2.05, 4.69) is 5.16 Å². The lowest BCUT2D eigenvalue weighted by Gasteiger charge is -2.13. The summed E-state index contributed by atoms with van der Waals surface area (Å²) in [6, 6.07) is 0. The van der Waals surface area contributed by atoms with Crippen LogP contribution in [-0.4, -0.2) is 30.8 Å². The Kier molecular flexibility index (Phi) is 5.98. The van der Waals surface area contributed by atoms with E-state index in [1.165, 1.54) is 0 Å². The van der Waals surface area contributed by atoms with Gasteiger partial charge in [-0.2, -0.15) is 0 Å². The SMILES string of the molecule is CCOP(=O)(CC=NO)OCC. The number of oxime groups is 1. The molecule has 0 aromatic carbocycles. The molecule has 0 aromatic heterocycles. The number of nitrogens with zero attached hydrogens (tertiary/aromatic N) is 1. The second-order valence-electron chi connectivity index (χ2n) is 1.93. The van der Waals surface area contributed by atoms with Crippen LogP contribution in [0.2, 0.25) is 0 Å². The van der Waals surface area contributed by atoms with Crippen LogP contribution in [0.4, 0.5) is 0 Å². The van der Waals surface area contributed by atoms with Gasteiger partial charge >= 0.3 is 7.60 Å².